The smallest absolute Gasteiger partial charge is 0.278 e. The average molecular weight is 530 g/mol. The van der Waals surface area contributed by atoms with Crippen molar-refractivity contribution in [1.29, 1.82) is 0 Å². The molecule has 0 unspecified atom stereocenters. The monoisotopic (exact) mass is 529 g/mol. The molecule has 1 amide bonds. The topological polar surface area (TPSA) is 91.6 Å². The maximum absolute atomic E-state index is 14.1. The molecule has 3 aromatic rings. The van der Waals surface area contributed by atoms with Crippen LogP contribution in [0.2, 0.25) is 0 Å². The molecule has 1 spiro atoms. The first-order valence-electron chi connectivity index (χ1n) is 12.5. The van der Waals surface area contributed by atoms with Crippen LogP contribution in [-0.2, 0) is 6.42 Å². The standard InChI is InChI=1S/C26H29F2N5O3S/c1-4-15-8-10-26(11-9-15)31(3)33-14-18(22(34)23(35)21(33)25(36)32(26)5-2)24-30-29-20(37-24)12-16-6-7-17(27)13-19(16)28/h6-7,13-15,35H,4-5,8-12H2,1-3H3. The maximum Gasteiger partial charge on any atom is 0.278 e. The van der Waals surface area contributed by atoms with E-state index in [2.05, 4.69) is 17.1 Å². The SMILES string of the molecule is CCC1CCC2(CC1)N(CC)C(=O)c1c(O)c(=O)c(-c3nnc(Cc4ccc(F)cc4F)s3)cn1N2C. The maximum atomic E-state index is 14.1. The lowest BCUT2D eigenvalue weighted by molar-refractivity contribution is 0.00715. The van der Waals surface area contributed by atoms with Crippen molar-refractivity contribution in [1.82, 2.24) is 19.8 Å². The van der Waals surface area contributed by atoms with E-state index in [0.717, 1.165) is 49.5 Å². The molecule has 3 heterocycles. The molecule has 1 N–H and O–H groups in total. The summed E-state index contributed by atoms with van der Waals surface area (Å²) in [5, 5.41) is 21.8. The quantitative estimate of drug-likeness (QED) is 0.531. The summed E-state index contributed by atoms with van der Waals surface area (Å²) in [7, 11) is 1.88. The second-order valence-corrected chi connectivity index (χ2v) is 10.8. The lowest BCUT2D eigenvalue weighted by Crippen LogP contribution is -2.70. The van der Waals surface area contributed by atoms with E-state index in [9.17, 15) is 23.5 Å². The predicted octanol–water partition coefficient (Wildman–Crippen LogP) is 4.28. The molecule has 1 fully saturated rings. The van der Waals surface area contributed by atoms with Gasteiger partial charge in [-0.05, 0) is 50.2 Å². The molecule has 2 aliphatic rings. The Bertz CT molecular complexity index is 1410. The number of hydrogen-bond donors (Lipinski definition) is 1. The van der Waals surface area contributed by atoms with Crippen molar-refractivity contribution >= 4 is 17.2 Å². The first-order chi connectivity index (χ1) is 17.7. The van der Waals surface area contributed by atoms with Gasteiger partial charge in [-0.3, -0.25) is 19.3 Å². The van der Waals surface area contributed by atoms with Crippen LogP contribution in [0.3, 0.4) is 0 Å². The molecule has 0 bridgehead atoms. The number of amides is 1. The molecule has 1 aromatic carbocycles. The third-order valence-corrected chi connectivity index (χ3v) is 8.85. The van der Waals surface area contributed by atoms with Crippen LogP contribution >= 0.6 is 11.3 Å². The van der Waals surface area contributed by atoms with Gasteiger partial charge < -0.3 is 10.0 Å². The number of rotatable bonds is 5. The van der Waals surface area contributed by atoms with E-state index >= 15 is 0 Å². The molecule has 8 nitrogen and oxygen atoms in total. The number of pyridine rings is 1. The van der Waals surface area contributed by atoms with Crippen molar-refractivity contribution in [2.75, 3.05) is 18.6 Å². The Morgan fingerprint density at radius 1 is 1.16 bits per heavy atom. The fourth-order valence-corrected chi connectivity index (χ4v) is 6.58. The van der Waals surface area contributed by atoms with E-state index in [0.29, 0.717) is 17.5 Å². The molecule has 1 aliphatic heterocycles. The van der Waals surface area contributed by atoms with Crippen LogP contribution in [0.5, 0.6) is 5.75 Å². The van der Waals surface area contributed by atoms with Gasteiger partial charge in [0.25, 0.3) is 5.91 Å². The van der Waals surface area contributed by atoms with Gasteiger partial charge in [-0.2, -0.15) is 0 Å². The molecule has 5 rings (SSSR count). The largest absolute Gasteiger partial charge is 0.502 e. The molecule has 0 radical (unpaired) electrons. The average Bonchev–Trinajstić information content (AvgIpc) is 3.35. The zero-order chi connectivity index (χ0) is 26.5. The van der Waals surface area contributed by atoms with Crippen molar-refractivity contribution in [2.24, 2.45) is 5.92 Å². The van der Waals surface area contributed by atoms with Crippen LogP contribution in [0.1, 0.15) is 67.0 Å². The molecule has 0 atom stereocenters. The Balaban J connectivity index is 1.54. The normalized spacial score (nSPS) is 21.5. The minimum atomic E-state index is -0.717. The molecule has 2 aromatic heterocycles. The number of carbonyl (C=O) groups is 1. The van der Waals surface area contributed by atoms with Crippen molar-refractivity contribution < 1.29 is 18.7 Å². The zero-order valence-corrected chi connectivity index (χ0v) is 21.8. The van der Waals surface area contributed by atoms with Crippen LogP contribution in [0, 0.1) is 17.6 Å². The summed E-state index contributed by atoms with van der Waals surface area (Å²) in [6.07, 6.45) is 6.25. The van der Waals surface area contributed by atoms with E-state index in [1.165, 1.54) is 12.1 Å². The molecule has 1 aliphatic carbocycles. The third-order valence-electron chi connectivity index (χ3n) is 7.89. The molecule has 37 heavy (non-hydrogen) atoms. The number of aromatic nitrogens is 3. The second kappa shape index (κ2) is 9.51. The van der Waals surface area contributed by atoms with Crippen LogP contribution in [0.25, 0.3) is 10.6 Å². The highest BCUT2D eigenvalue weighted by Crippen LogP contribution is 2.43. The summed E-state index contributed by atoms with van der Waals surface area (Å²) in [5.74, 6) is -1.75. The molecular weight excluding hydrogens is 500 g/mol. The van der Waals surface area contributed by atoms with Gasteiger partial charge in [0.15, 0.2) is 16.5 Å². The van der Waals surface area contributed by atoms with Gasteiger partial charge in [-0.25, -0.2) is 8.78 Å². The Labute approximate surface area is 217 Å². The number of benzene rings is 1. The van der Waals surface area contributed by atoms with Gasteiger partial charge in [0.2, 0.25) is 5.43 Å². The predicted molar refractivity (Wildman–Crippen MR) is 136 cm³/mol. The van der Waals surface area contributed by atoms with Gasteiger partial charge in [-0.1, -0.05) is 30.7 Å². The minimum absolute atomic E-state index is 0.0699. The van der Waals surface area contributed by atoms with E-state index in [1.54, 1.807) is 15.8 Å². The van der Waals surface area contributed by atoms with Crippen molar-refractivity contribution in [3.05, 3.63) is 62.5 Å². The van der Waals surface area contributed by atoms with Gasteiger partial charge in [0.1, 0.15) is 22.3 Å². The minimum Gasteiger partial charge on any atom is -0.502 e. The van der Waals surface area contributed by atoms with E-state index < -0.39 is 28.5 Å². The summed E-state index contributed by atoms with van der Waals surface area (Å²) in [6.45, 7) is 4.54. The van der Waals surface area contributed by atoms with E-state index in [4.69, 9.17) is 0 Å². The Kier molecular flexibility index (Phi) is 6.51. The number of fused-ring (bicyclic) bond motifs is 1. The number of aromatic hydroxyl groups is 1. The zero-order valence-electron chi connectivity index (χ0n) is 21.0. The summed E-state index contributed by atoms with van der Waals surface area (Å²) < 4.78 is 28.9. The Morgan fingerprint density at radius 3 is 2.54 bits per heavy atom. The van der Waals surface area contributed by atoms with Crippen LogP contribution in [0.15, 0.2) is 29.2 Å². The number of nitrogens with zero attached hydrogens (tertiary/aromatic N) is 5. The summed E-state index contributed by atoms with van der Waals surface area (Å²) >= 11 is 1.08. The highest BCUT2D eigenvalue weighted by molar-refractivity contribution is 7.14. The second-order valence-electron chi connectivity index (χ2n) is 9.73. The summed E-state index contributed by atoms with van der Waals surface area (Å²) in [4.78, 5) is 28.5. The van der Waals surface area contributed by atoms with E-state index in [-0.39, 0.29) is 34.2 Å². The van der Waals surface area contributed by atoms with Gasteiger partial charge >= 0.3 is 0 Å². The number of hydrogen-bond acceptors (Lipinski definition) is 7. The summed E-state index contributed by atoms with van der Waals surface area (Å²) in [5.41, 5.74) is -0.990. The fourth-order valence-electron chi connectivity index (χ4n) is 5.71. The highest BCUT2D eigenvalue weighted by Gasteiger charge is 2.50. The lowest BCUT2D eigenvalue weighted by atomic mass is 9.78. The van der Waals surface area contributed by atoms with Gasteiger partial charge in [0, 0.05) is 32.3 Å². The number of halogens is 2. The van der Waals surface area contributed by atoms with Gasteiger partial charge in [0.05, 0.1) is 5.56 Å². The Hall–Kier alpha value is -3.34. The molecule has 196 valence electrons. The van der Waals surface area contributed by atoms with Crippen molar-refractivity contribution in [3.8, 4) is 16.3 Å². The molecule has 1 saturated carbocycles. The lowest BCUT2D eigenvalue weighted by Gasteiger charge is -2.56. The molecule has 0 saturated heterocycles. The van der Waals surface area contributed by atoms with Crippen LogP contribution in [0.4, 0.5) is 8.78 Å². The van der Waals surface area contributed by atoms with Gasteiger partial charge in [-0.15, -0.1) is 10.2 Å². The first kappa shape index (κ1) is 25.3. The summed E-state index contributed by atoms with van der Waals surface area (Å²) in [6, 6.07) is 3.32. The highest BCUT2D eigenvalue weighted by atomic mass is 32.1. The molecular formula is C26H29F2N5O3S. The van der Waals surface area contributed by atoms with Crippen molar-refractivity contribution in [2.45, 2.75) is 58.0 Å². The van der Waals surface area contributed by atoms with Crippen molar-refractivity contribution in [3.63, 3.8) is 0 Å². The van der Waals surface area contributed by atoms with E-state index in [1.807, 2.05) is 19.0 Å². The third kappa shape index (κ3) is 4.09. The van der Waals surface area contributed by atoms with Crippen LogP contribution < -0.4 is 10.4 Å². The van der Waals surface area contributed by atoms with Crippen LogP contribution in [-0.4, -0.2) is 50.0 Å². The first-order valence-corrected chi connectivity index (χ1v) is 13.3. The number of carbonyl (C=O) groups excluding carboxylic acids is 1. The fraction of sp³-hybridized carbons (Fsp3) is 0.462. The Morgan fingerprint density at radius 2 is 1.89 bits per heavy atom. The molecule has 11 heteroatoms.